The Morgan fingerprint density at radius 2 is 1.74 bits per heavy atom. The van der Waals surface area contributed by atoms with Crippen molar-refractivity contribution in [1.29, 1.82) is 0 Å². The Hall–Kier alpha value is -1.31. The minimum absolute atomic E-state index is 0.597. The number of carboxylic acid groups (broad SMARTS) is 1. The second-order valence-corrected chi connectivity index (χ2v) is 6.19. The maximum absolute atomic E-state index is 12.0. The maximum Gasteiger partial charge on any atom is 0.314 e. The summed E-state index contributed by atoms with van der Waals surface area (Å²) in [6.07, 6.45) is 8.30. The molecule has 0 unspecified atom stereocenters. The Balaban J connectivity index is 2.14. The maximum atomic E-state index is 12.0. The highest BCUT2D eigenvalue weighted by Crippen LogP contribution is 2.44. The van der Waals surface area contributed by atoms with E-state index in [-0.39, 0.29) is 0 Å². The van der Waals surface area contributed by atoms with Gasteiger partial charge in [0.25, 0.3) is 0 Å². The fourth-order valence-electron chi connectivity index (χ4n) is 4.09. The van der Waals surface area contributed by atoms with E-state index in [4.69, 9.17) is 0 Å². The molecule has 2 nitrogen and oxygen atoms in total. The number of aryl methyl sites for hydroxylation is 1. The van der Waals surface area contributed by atoms with Crippen molar-refractivity contribution in [2.24, 2.45) is 0 Å². The van der Waals surface area contributed by atoms with Gasteiger partial charge in [-0.05, 0) is 61.3 Å². The molecular weight excluding hydrogens is 236 g/mol. The smallest absolute Gasteiger partial charge is 0.314 e. The van der Waals surface area contributed by atoms with Gasteiger partial charge in [0.05, 0.1) is 5.41 Å². The van der Waals surface area contributed by atoms with Gasteiger partial charge in [-0.3, -0.25) is 4.79 Å². The molecule has 0 spiro atoms. The van der Waals surface area contributed by atoms with Gasteiger partial charge in [-0.25, -0.2) is 0 Å². The van der Waals surface area contributed by atoms with E-state index < -0.39 is 11.4 Å². The third kappa shape index (κ3) is 1.89. The molecular formula is C17H22O2. The quantitative estimate of drug-likeness (QED) is 0.876. The number of hydrogen-bond donors (Lipinski definition) is 1. The molecule has 2 heteroatoms. The molecule has 2 aliphatic rings. The standard InChI is InChI=1S/C17H22O2/c1-12-8-9-15(14-7-5-6-13(12)14)17(16(18)19)10-3-2-4-11-17/h8-9H,2-7,10-11H2,1H3,(H,18,19). The number of fused-ring (bicyclic) bond motifs is 1. The van der Waals surface area contributed by atoms with Crippen LogP contribution in [0.3, 0.4) is 0 Å². The fraction of sp³-hybridized carbons (Fsp3) is 0.588. The molecule has 0 atom stereocenters. The lowest BCUT2D eigenvalue weighted by molar-refractivity contribution is -0.145. The predicted molar refractivity (Wildman–Crippen MR) is 75.6 cm³/mol. The van der Waals surface area contributed by atoms with E-state index in [9.17, 15) is 9.90 Å². The molecule has 1 aromatic carbocycles. The summed E-state index contributed by atoms with van der Waals surface area (Å²) >= 11 is 0. The van der Waals surface area contributed by atoms with Crippen LogP contribution in [0.25, 0.3) is 0 Å². The highest BCUT2D eigenvalue weighted by molar-refractivity contribution is 5.82. The fourth-order valence-corrected chi connectivity index (χ4v) is 4.09. The first-order valence-corrected chi connectivity index (χ1v) is 7.50. The SMILES string of the molecule is Cc1ccc(C2(C(=O)O)CCCCC2)c2c1CCC2. The first kappa shape index (κ1) is 12.7. The Morgan fingerprint density at radius 1 is 1.05 bits per heavy atom. The minimum atomic E-state index is -0.606. The van der Waals surface area contributed by atoms with Gasteiger partial charge in [-0.1, -0.05) is 31.4 Å². The first-order chi connectivity index (χ1) is 9.15. The van der Waals surface area contributed by atoms with Crippen LogP contribution in [0, 0.1) is 6.92 Å². The van der Waals surface area contributed by atoms with Crippen molar-refractivity contribution in [3.05, 3.63) is 34.4 Å². The van der Waals surface area contributed by atoms with Crippen LogP contribution in [0.1, 0.15) is 60.8 Å². The number of carbonyl (C=O) groups is 1. The minimum Gasteiger partial charge on any atom is -0.481 e. The summed E-state index contributed by atoms with van der Waals surface area (Å²) in [7, 11) is 0. The van der Waals surface area contributed by atoms with Crippen molar-refractivity contribution in [1.82, 2.24) is 0 Å². The van der Waals surface area contributed by atoms with Crippen LogP contribution in [0.2, 0.25) is 0 Å². The summed E-state index contributed by atoms with van der Waals surface area (Å²) in [6, 6.07) is 4.25. The van der Waals surface area contributed by atoms with E-state index in [1.165, 1.54) is 29.5 Å². The Bertz CT molecular complexity index is 510. The van der Waals surface area contributed by atoms with E-state index in [0.29, 0.717) is 0 Å². The van der Waals surface area contributed by atoms with Gasteiger partial charge >= 0.3 is 5.97 Å². The molecule has 0 heterocycles. The zero-order chi connectivity index (χ0) is 13.5. The van der Waals surface area contributed by atoms with Crippen molar-refractivity contribution >= 4 is 5.97 Å². The summed E-state index contributed by atoms with van der Waals surface area (Å²) in [5.74, 6) is -0.606. The molecule has 1 saturated carbocycles. The van der Waals surface area contributed by atoms with Crippen molar-refractivity contribution < 1.29 is 9.90 Å². The van der Waals surface area contributed by atoms with Crippen LogP contribution < -0.4 is 0 Å². The second kappa shape index (κ2) is 4.66. The average molecular weight is 258 g/mol. The van der Waals surface area contributed by atoms with Crippen molar-refractivity contribution in [3.63, 3.8) is 0 Å². The van der Waals surface area contributed by atoms with Crippen LogP contribution in [0.4, 0.5) is 0 Å². The highest BCUT2D eigenvalue weighted by Gasteiger charge is 2.43. The zero-order valence-electron chi connectivity index (χ0n) is 11.7. The molecule has 1 fully saturated rings. The molecule has 0 amide bonds. The number of rotatable bonds is 2. The van der Waals surface area contributed by atoms with E-state index in [2.05, 4.69) is 19.1 Å². The molecule has 1 aromatic rings. The van der Waals surface area contributed by atoms with Crippen LogP contribution >= 0.6 is 0 Å². The summed E-state index contributed by atoms with van der Waals surface area (Å²) in [5, 5.41) is 9.84. The predicted octanol–water partition coefficient (Wildman–Crippen LogP) is 3.77. The number of hydrogen-bond acceptors (Lipinski definition) is 1. The van der Waals surface area contributed by atoms with Crippen molar-refractivity contribution in [2.45, 2.75) is 63.7 Å². The van der Waals surface area contributed by atoms with Gasteiger partial charge in [0.15, 0.2) is 0 Å². The highest BCUT2D eigenvalue weighted by atomic mass is 16.4. The van der Waals surface area contributed by atoms with Gasteiger partial charge in [0, 0.05) is 0 Å². The summed E-state index contributed by atoms with van der Waals surface area (Å²) in [6.45, 7) is 2.16. The molecule has 3 rings (SSSR count). The molecule has 102 valence electrons. The molecule has 0 bridgehead atoms. The molecule has 0 saturated heterocycles. The normalized spacial score (nSPS) is 21.1. The second-order valence-electron chi connectivity index (χ2n) is 6.19. The monoisotopic (exact) mass is 258 g/mol. The largest absolute Gasteiger partial charge is 0.481 e. The lowest BCUT2D eigenvalue weighted by Crippen LogP contribution is -2.38. The molecule has 0 aliphatic heterocycles. The lowest BCUT2D eigenvalue weighted by Gasteiger charge is -2.35. The van der Waals surface area contributed by atoms with Gasteiger partial charge < -0.3 is 5.11 Å². The molecule has 0 radical (unpaired) electrons. The van der Waals surface area contributed by atoms with Crippen LogP contribution in [0.5, 0.6) is 0 Å². The van der Waals surface area contributed by atoms with Crippen molar-refractivity contribution in [2.75, 3.05) is 0 Å². The van der Waals surface area contributed by atoms with E-state index in [1.807, 2.05) is 0 Å². The van der Waals surface area contributed by atoms with E-state index in [1.54, 1.807) is 0 Å². The van der Waals surface area contributed by atoms with Crippen LogP contribution in [-0.2, 0) is 23.1 Å². The summed E-state index contributed by atoms with van der Waals surface area (Å²) in [5.41, 5.74) is 4.68. The van der Waals surface area contributed by atoms with Crippen LogP contribution in [-0.4, -0.2) is 11.1 Å². The van der Waals surface area contributed by atoms with Crippen molar-refractivity contribution in [3.8, 4) is 0 Å². The number of benzene rings is 1. The van der Waals surface area contributed by atoms with Gasteiger partial charge in [-0.15, -0.1) is 0 Å². The topological polar surface area (TPSA) is 37.3 Å². The Labute approximate surface area is 114 Å². The molecule has 2 aliphatic carbocycles. The zero-order valence-corrected chi connectivity index (χ0v) is 11.7. The van der Waals surface area contributed by atoms with Gasteiger partial charge in [0.2, 0.25) is 0 Å². The number of carboxylic acids is 1. The third-order valence-electron chi connectivity index (χ3n) is 5.15. The summed E-state index contributed by atoms with van der Waals surface area (Å²) < 4.78 is 0. The molecule has 1 N–H and O–H groups in total. The average Bonchev–Trinajstić information content (AvgIpc) is 2.90. The van der Waals surface area contributed by atoms with Crippen LogP contribution in [0.15, 0.2) is 12.1 Å². The third-order valence-corrected chi connectivity index (χ3v) is 5.15. The summed E-state index contributed by atoms with van der Waals surface area (Å²) in [4.78, 5) is 12.0. The van der Waals surface area contributed by atoms with E-state index in [0.717, 1.165) is 44.1 Å². The Kier molecular flexibility index (Phi) is 3.12. The van der Waals surface area contributed by atoms with Gasteiger partial charge in [0.1, 0.15) is 0 Å². The lowest BCUT2D eigenvalue weighted by atomic mass is 9.67. The Morgan fingerprint density at radius 3 is 2.42 bits per heavy atom. The first-order valence-electron chi connectivity index (χ1n) is 7.50. The van der Waals surface area contributed by atoms with Gasteiger partial charge in [-0.2, -0.15) is 0 Å². The molecule has 19 heavy (non-hydrogen) atoms. The number of aliphatic carboxylic acids is 1. The molecule has 0 aromatic heterocycles. The van der Waals surface area contributed by atoms with E-state index >= 15 is 0 Å².